The van der Waals surface area contributed by atoms with E-state index in [1.807, 2.05) is 72.1 Å². The summed E-state index contributed by atoms with van der Waals surface area (Å²) in [6.45, 7) is 2.01. The van der Waals surface area contributed by atoms with E-state index in [-0.39, 0.29) is 4.90 Å². The number of fused-ring (bicyclic) bond motifs is 1. The summed E-state index contributed by atoms with van der Waals surface area (Å²) in [6.07, 6.45) is 1.92. The first-order valence-electron chi connectivity index (χ1n) is 8.59. The van der Waals surface area contributed by atoms with Crippen LogP contribution in [0.1, 0.15) is 16.8 Å². The van der Waals surface area contributed by atoms with Crippen LogP contribution >= 0.6 is 0 Å². The van der Waals surface area contributed by atoms with E-state index < -0.39 is 10.0 Å². The second-order valence-corrected chi connectivity index (χ2v) is 7.87. The van der Waals surface area contributed by atoms with Crippen LogP contribution in [-0.4, -0.2) is 18.5 Å². The maximum absolute atomic E-state index is 12.9. The van der Waals surface area contributed by atoms with Gasteiger partial charge in [0.2, 0.25) is 0 Å². The van der Waals surface area contributed by atoms with Gasteiger partial charge in [0.05, 0.1) is 10.6 Å². The Kier molecular flexibility index (Phi) is 4.38. The van der Waals surface area contributed by atoms with Gasteiger partial charge in [0.15, 0.2) is 0 Å². The minimum absolute atomic E-state index is 0.177. The molecule has 4 rings (SSSR count). The number of aromatic nitrogens is 1. The van der Waals surface area contributed by atoms with Crippen molar-refractivity contribution in [3.05, 3.63) is 108 Å². The molecule has 0 amide bonds. The Balaban J connectivity index is 1.99. The maximum atomic E-state index is 12.9. The van der Waals surface area contributed by atoms with Gasteiger partial charge in [0, 0.05) is 17.3 Å². The van der Waals surface area contributed by atoms with Gasteiger partial charge in [-0.2, -0.15) is 12.8 Å². The first kappa shape index (κ1) is 17.2. The van der Waals surface area contributed by atoms with Crippen molar-refractivity contribution in [2.45, 2.75) is 11.8 Å². The molecule has 0 aliphatic rings. The molecule has 0 saturated heterocycles. The molecule has 2 heterocycles. The molecule has 0 N–H and O–H groups in total. The summed E-state index contributed by atoms with van der Waals surface area (Å²) in [5.41, 5.74) is 4.00. The fourth-order valence-electron chi connectivity index (χ4n) is 3.11. The summed E-state index contributed by atoms with van der Waals surface area (Å²) in [5.74, 6) is 0. The van der Waals surface area contributed by atoms with Gasteiger partial charge in [0.25, 0.3) is 10.0 Å². The number of hydrogen-bond donors (Lipinski definition) is 0. The fraction of sp³-hybridized carbons (Fsp3) is 0.0455. The van der Waals surface area contributed by atoms with Crippen molar-refractivity contribution in [1.29, 1.82) is 0 Å². The van der Waals surface area contributed by atoms with Crippen LogP contribution in [0.15, 0.2) is 100 Å². The second-order valence-electron chi connectivity index (χ2n) is 6.26. The van der Waals surface area contributed by atoms with Gasteiger partial charge in [-0.3, -0.25) is 0 Å². The van der Waals surface area contributed by atoms with Crippen molar-refractivity contribution in [2.24, 2.45) is 4.40 Å². The topological polar surface area (TPSA) is 50.9 Å². The lowest BCUT2D eigenvalue weighted by molar-refractivity contribution is 0.598. The number of rotatable bonds is 4. The molecule has 4 nitrogen and oxygen atoms in total. The largest absolute Gasteiger partial charge is 0.315 e. The summed E-state index contributed by atoms with van der Waals surface area (Å²) in [6, 6.07) is 25.6. The van der Waals surface area contributed by atoms with Crippen LogP contribution in [0.4, 0.5) is 0 Å². The molecule has 5 heteroatoms. The third kappa shape index (κ3) is 3.29. The molecular formula is C22H18N2O2S. The van der Waals surface area contributed by atoms with Gasteiger partial charge in [-0.25, -0.2) is 0 Å². The number of nitrogens with zero attached hydrogens (tertiary/aromatic N) is 2. The molecule has 0 unspecified atom stereocenters. The van der Waals surface area contributed by atoms with Gasteiger partial charge in [0.1, 0.15) is 5.71 Å². The summed E-state index contributed by atoms with van der Waals surface area (Å²) >= 11 is 0. The normalized spacial score (nSPS) is 12.4. The highest BCUT2D eigenvalue weighted by Crippen LogP contribution is 2.22. The molecule has 0 spiro atoms. The molecule has 0 fully saturated rings. The van der Waals surface area contributed by atoms with Crippen LogP contribution in [-0.2, 0) is 10.0 Å². The Morgan fingerprint density at radius 3 is 2.19 bits per heavy atom. The van der Waals surface area contributed by atoms with E-state index in [2.05, 4.69) is 4.40 Å². The zero-order valence-electron chi connectivity index (χ0n) is 14.8. The quantitative estimate of drug-likeness (QED) is 0.495. The van der Waals surface area contributed by atoms with Crippen molar-refractivity contribution in [3.8, 4) is 0 Å². The molecular weight excluding hydrogens is 356 g/mol. The molecule has 0 aliphatic heterocycles. The van der Waals surface area contributed by atoms with Gasteiger partial charge >= 0.3 is 0 Å². The molecule has 27 heavy (non-hydrogen) atoms. The highest BCUT2D eigenvalue weighted by Gasteiger charge is 2.19. The minimum Gasteiger partial charge on any atom is -0.315 e. The number of benzene rings is 2. The van der Waals surface area contributed by atoms with Crippen LogP contribution in [0.2, 0.25) is 0 Å². The van der Waals surface area contributed by atoms with Crippen LogP contribution in [0.5, 0.6) is 0 Å². The third-order valence-corrected chi connectivity index (χ3v) is 5.71. The molecule has 2 aromatic heterocycles. The van der Waals surface area contributed by atoms with E-state index in [1.54, 1.807) is 30.3 Å². The SMILES string of the molecule is Cc1cc(/C(=N/S(=O)(=O)c2ccccc2)c2ccccc2)n2ccccc12. The lowest BCUT2D eigenvalue weighted by Gasteiger charge is -2.08. The first-order valence-corrected chi connectivity index (χ1v) is 10.0. The molecule has 134 valence electrons. The minimum atomic E-state index is -3.84. The second kappa shape index (κ2) is 6.85. The molecule has 0 radical (unpaired) electrons. The van der Waals surface area contributed by atoms with E-state index in [9.17, 15) is 8.42 Å². The predicted octanol–water partition coefficient (Wildman–Crippen LogP) is 4.47. The zero-order valence-corrected chi connectivity index (χ0v) is 15.6. The van der Waals surface area contributed by atoms with E-state index in [4.69, 9.17) is 0 Å². The number of hydrogen-bond acceptors (Lipinski definition) is 2. The number of sulfonamides is 1. The van der Waals surface area contributed by atoms with E-state index >= 15 is 0 Å². The summed E-state index contributed by atoms with van der Waals surface area (Å²) in [7, 11) is -3.84. The zero-order chi connectivity index (χ0) is 18.9. The van der Waals surface area contributed by atoms with Crippen molar-refractivity contribution in [3.63, 3.8) is 0 Å². The first-order chi connectivity index (χ1) is 13.1. The Hall–Kier alpha value is -3.18. The van der Waals surface area contributed by atoms with Crippen LogP contribution < -0.4 is 0 Å². The van der Waals surface area contributed by atoms with Gasteiger partial charge in [-0.1, -0.05) is 54.6 Å². The smallest absolute Gasteiger partial charge is 0.282 e. The van der Waals surface area contributed by atoms with Crippen molar-refractivity contribution in [2.75, 3.05) is 0 Å². The van der Waals surface area contributed by atoms with E-state index in [0.717, 1.165) is 22.3 Å². The Labute approximate surface area is 158 Å². The monoisotopic (exact) mass is 374 g/mol. The highest BCUT2D eigenvalue weighted by molar-refractivity contribution is 7.90. The lowest BCUT2D eigenvalue weighted by Crippen LogP contribution is -2.10. The molecule has 4 aromatic rings. The molecule has 0 atom stereocenters. The maximum Gasteiger partial charge on any atom is 0.282 e. The van der Waals surface area contributed by atoms with Crippen LogP contribution in [0, 0.1) is 6.92 Å². The van der Waals surface area contributed by atoms with Gasteiger partial charge in [-0.05, 0) is 42.8 Å². The fourth-order valence-corrected chi connectivity index (χ4v) is 4.16. The predicted molar refractivity (Wildman–Crippen MR) is 108 cm³/mol. The molecule has 0 bridgehead atoms. The van der Waals surface area contributed by atoms with Gasteiger partial charge < -0.3 is 4.40 Å². The Morgan fingerprint density at radius 1 is 0.852 bits per heavy atom. The molecule has 2 aromatic carbocycles. The van der Waals surface area contributed by atoms with Crippen LogP contribution in [0.25, 0.3) is 5.52 Å². The standard InChI is InChI=1S/C22H18N2O2S/c1-17-16-21(24-15-9-8-14-20(17)24)22(18-10-4-2-5-11-18)23-27(25,26)19-12-6-3-7-13-19/h2-16H,1H3/b23-22+. The highest BCUT2D eigenvalue weighted by atomic mass is 32.2. The molecule has 0 aliphatic carbocycles. The summed E-state index contributed by atoms with van der Waals surface area (Å²) in [4.78, 5) is 0.177. The number of aryl methyl sites for hydroxylation is 1. The van der Waals surface area contributed by atoms with E-state index in [0.29, 0.717) is 5.71 Å². The van der Waals surface area contributed by atoms with E-state index in [1.165, 1.54) is 0 Å². The average molecular weight is 374 g/mol. The van der Waals surface area contributed by atoms with Crippen molar-refractivity contribution in [1.82, 2.24) is 4.40 Å². The van der Waals surface area contributed by atoms with Gasteiger partial charge in [-0.15, -0.1) is 0 Å². The van der Waals surface area contributed by atoms with Crippen molar-refractivity contribution >= 4 is 21.3 Å². The third-order valence-electron chi connectivity index (χ3n) is 4.42. The Morgan fingerprint density at radius 2 is 1.48 bits per heavy atom. The summed E-state index contributed by atoms with van der Waals surface area (Å²) in [5, 5.41) is 0. The summed E-state index contributed by atoms with van der Waals surface area (Å²) < 4.78 is 32.1. The number of pyridine rings is 1. The lowest BCUT2D eigenvalue weighted by atomic mass is 10.1. The molecule has 0 saturated carbocycles. The average Bonchev–Trinajstić information content (AvgIpc) is 3.04. The Bertz CT molecular complexity index is 1230. The van der Waals surface area contributed by atoms with Crippen LogP contribution in [0.3, 0.4) is 0 Å². The van der Waals surface area contributed by atoms with Crippen molar-refractivity contribution < 1.29 is 8.42 Å².